The Hall–Kier alpha value is -1.07. The highest BCUT2D eigenvalue weighted by Crippen LogP contribution is 2.30. The van der Waals surface area contributed by atoms with Crippen molar-refractivity contribution in [2.45, 2.75) is 33.0 Å². The summed E-state index contributed by atoms with van der Waals surface area (Å²) in [5.74, 6) is 0. The van der Waals surface area contributed by atoms with E-state index in [1.54, 1.807) is 6.07 Å². The summed E-state index contributed by atoms with van der Waals surface area (Å²) >= 11 is 0. The lowest BCUT2D eigenvalue weighted by atomic mass is 10.0. The van der Waals surface area contributed by atoms with Crippen LogP contribution in [0.2, 0.25) is 0 Å². The molecule has 0 aliphatic heterocycles. The summed E-state index contributed by atoms with van der Waals surface area (Å²) < 4.78 is 38.0. The molecule has 0 saturated carbocycles. The molecule has 20 heavy (non-hydrogen) atoms. The zero-order chi connectivity index (χ0) is 15.2. The number of halogens is 3. The van der Waals surface area contributed by atoms with Crippen LogP contribution in [0.1, 0.15) is 37.9 Å². The van der Waals surface area contributed by atoms with E-state index < -0.39 is 11.7 Å². The fourth-order valence-electron chi connectivity index (χ4n) is 2.08. The minimum Gasteiger partial charge on any atom is -0.309 e. The van der Waals surface area contributed by atoms with Crippen LogP contribution in [0.15, 0.2) is 24.3 Å². The van der Waals surface area contributed by atoms with Gasteiger partial charge in [0, 0.05) is 19.1 Å². The second kappa shape index (κ2) is 7.64. The molecule has 1 aromatic carbocycles. The summed E-state index contributed by atoms with van der Waals surface area (Å²) in [6, 6.07) is 5.42. The smallest absolute Gasteiger partial charge is 0.309 e. The van der Waals surface area contributed by atoms with E-state index in [0.29, 0.717) is 5.56 Å². The second-order valence-corrected chi connectivity index (χ2v) is 4.83. The lowest BCUT2D eigenvalue weighted by molar-refractivity contribution is -0.137. The Kier molecular flexibility index (Phi) is 6.49. The van der Waals surface area contributed by atoms with Gasteiger partial charge in [-0.2, -0.15) is 13.2 Å². The molecule has 114 valence electrons. The largest absolute Gasteiger partial charge is 0.416 e. The standard InChI is InChI=1S/C15H23F3N2/c1-4-20(5-2)10-9-19-12(3)13-7-6-8-14(11-13)15(16,17)18/h6-8,11-12,19H,4-5,9-10H2,1-3H3. The first-order valence-electron chi connectivity index (χ1n) is 7.01. The van der Waals surface area contributed by atoms with Crippen LogP contribution < -0.4 is 5.32 Å². The fraction of sp³-hybridized carbons (Fsp3) is 0.600. The van der Waals surface area contributed by atoms with E-state index in [9.17, 15) is 13.2 Å². The third kappa shape index (κ3) is 5.13. The molecule has 1 rings (SSSR count). The van der Waals surface area contributed by atoms with E-state index in [4.69, 9.17) is 0 Å². The van der Waals surface area contributed by atoms with Crippen molar-refractivity contribution in [3.05, 3.63) is 35.4 Å². The number of nitrogens with one attached hydrogen (secondary N) is 1. The number of hydrogen-bond donors (Lipinski definition) is 1. The molecule has 1 atom stereocenters. The number of benzene rings is 1. The second-order valence-electron chi connectivity index (χ2n) is 4.83. The Bertz CT molecular complexity index is 400. The monoisotopic (exact) mass is 288 g/mol. The molecule has 1 aromatic rings. The van der Waals surface area contributed by atoms with Gasteiger partial charge in [0.05, 0.1) is 5.56 Å². The van der Waals surface area contributed by atoms with Crippen LogP contribution in [0, 0.1) is 0 Å². The van der Waals surface area contributed by atoms with Crippen molar-refractivity contribution in [2.24, 2.45) is 0 Å². The Morgan fingerprint density at radius 1 is 1.20 bits per heavy atom. The molecular formula is C15H23F3N2. The van der Waals surface area contributed by atoms with Gasteiger partial charge in [-0.3, -0.25) is 0 Å². The Morgan fingerprint density at radius 3 is 2.40 bits per heavy atom. The number of nitrogens with zero attached hydrogens (tertiary/aromatic N) is 1. The maximum Gasteiger partial charge on any atom is 0.416 e. The van der Waals surface area contributed by atoms with E-state index in [-0.39, 0.29) is 6.04 Å². The average molecular weight is 288 g/mol. The summed E-state index contributed by atoms with van der Waals surface area (Å²) in [5, 5.41) is 3.27. The van der Waals surface area contributed by atoms with Crippen molar-refractivity contribution in [3.63, 3.8) is 0 Å². The minimum atomic E-state index is -4.28. The van der Waals surface area contributed by atoms with E-state index in [2.05, 4.69) is 24.1 Å². The van der Waals surface area contributed by atoms with Crippen LogP contribution in [0.3, 0.4) is 0 Å². The molecule has 0 aliphatic rings. The topological polar surface area (TPSA) is 15.3 Å². The fourth-order valence-corrected chi connectivity index (χ4v) is 2.08. The highest BCUT2D eigenvalue weighted by atomic mass is 19.4. The Morgan fingerprint density at radius 2 is 1.85 bits per heavy atom. The van der Waals surface area contributed by atoms with Crippen LogP contribution >= 0.6 is 0 Å². The maximum atomic E-state index is 12.7. The Labute approximate surface area is 119 Å². The zero-order valence-corrected chi connectivity index (χ0v) is 12.3. The van der Waals surface area contributed by atoms with Gasteiger partial charge < -0.3 is 10.2 Å². The van der Waals surface area contributed by atoms with Gasteiger partial charge in [0.2, 0.25) is 0 Å². The normalized spacial score (nSPS) is 13.8. The molecule has 0 aliphatic carbocycles. The molecule has 0 saturated heterocycles. The average Bonchev–Trinajstić information content (AvgIpc) is 2.42. The molecule has 0 bridgehead atoms. The van der Waals surface area contributed by atoms with Crippen molar-refractivity contribution in [1.29, 1.82) is 0 Å². The summed E-state index contributed by atoms with van der Waals surface area (Å²) in [6.45, 7) is 9.71. The molecular weight excluding hydrogens is 265 g/mol. The van der Waals surface area contributed by atoms with E-state index in [0.717, 1.165) is 32.2 Å². The van der Waals surface area contributed by atoms with E-state index >= 15 is 0 Å². The summed E-state index contributed by atoms with van der Waals surface area (Å²) in [6.07, 6.45) is -4.28. The highest BCUT2D eigenvalue weighted by molar-refractivity contribution is 5.27. The van der Waals surface area contributed by atoms with Gasteiger partial charge in [-0.15, -0.1) is 0 Å². The predicted octanol–water partition coefficient (Wildman–Crippen LogP) is 3.70. The first kappa shape index (κ1) is 17.0. The third-order valence-corrected chi connectivity index (χ3v) is 3.49. The van der Waals surface area contributed by atoms with Crippen LogP contribution in [0.5, 0.6) is 0 Å². The number of likely N-dealkylation sites (N-methyl/N-ethyl adjacent to an activating group) is 1. The predicted molar refractivity (Wildman–Crippen MR) is 75.6 cm³/mol. The van der Waals surface area contributed by atoms with Crippen molar-refractivity contribution in [3.8, 4) is 0 Å². The van der Waals surface area contributed by atoms with Crippen molar-refractivity contribution in [1.82, 2.24) is 10.2 Å². The summed E-state index contributed by atoms with van der Waals surface area (Å²) in [5.41, 5.74) is 0.0757. The van der Waals surface area contributed by atoms with E-state index in [1.165, 1.54) is 12.1 Å². The summed E-state index contributed by atoms with van der Waals surface area (Å²) in [7, 11) is 0. The molecule has 0 aromatic heterocycles. The third-order valence-electron chi connectivity index (χ3n) is 3.49. The van der Waals surface area contributed by atoms with Gasteiger partial charge in [0.1, 0.15) is 0 Å². The SMILES string of the molecule is CCN(CC)CCNC(C)c1cccc(C(F)(F)F)c1. The van der Waals surface area contributed by atoms with Gasteiger partial charge in [-0.05, 0) is 37.7 Å². The van der Waals surface area contributed by atoms with E-state index in [1.807, 2.05) is 6.92 Å². The molecule has 0 radical (unpaired) electrons. The molecule has 0 heterocycles. The van der Waals surface area contributed by atoms with Crippen LogP contribution in [0.4, 0.5) is 13.2 Å². The Balaban J connectivity index is 2.57. The van der Waals surface area contributed by atoms with Gasteiger partial charge in [0.15, 0.2) is 0 Å². The molecule has 0 amide bonds. The number of hydrogen-bond acceptors (Lipinski definition) is 2. The molecule has 0 spiro atoms. The lowest BCUT2D eigenvalue weighted by Crippen LogP contribution is -2.33. The minimum absolute atomic E-state index is 0.0899. The van der Waals surface area contributed by atoms with Gasteiger partial charge in [0.25, 0.3) is 0 Å². The van der Waals surface area contributed by atoms with Crippen molar-refractivity contribution >= 4 is 0 Å². The van der Waals surface area contributed by atoms with Crippen LogP contribution in [-0.4, -0.2) is 31.1 Å². The summed E-state index contributed by atoms with van der Waals surface area (Å²) in [4.78, 5) is 2.27. The van der Waals surface area contributed by atoms with Gasteiger partial charge >= 0.3 is 6.18 Å². The first-order chi connectivity index (χ1) is 9.38. The first-order valence-corrected chi connectivity index (χ1v) is 7.01. The van der Waals surface area contributed by atoms with Gasteiger partial charge in [-0.25, -0.2) is 0 Å². The molecule has 1 N–H and O–H groups in total. The lowest BCUT2D eigenvalue weighted by Gasteiger charge is -2.21. The number of rotatable bonds is 7. The van der Waals surface area contributed by atoms with Crippen LogP contribution in [-0.2, 0) is 6.18 Å². The quantitative estimate of drug-likeness (QED) is 0.823. The maximum absolute atomic E-state index is 12.7. The number of alkyl halides is 3. The van der Waals surface area contributed by atoms with Crippen molar-refractivity contribution < 1.29 is 13.2 Å². The highest BCUT2D eigenvalue weighted by Gasteiger charge is 2.30. The molecule has 1 unspecified atom stereocenters. The zero-order valence-electron chi connectivity index (χ0n) is 12.3. The van der Waals surface area contributed by atoms with Crippen LogP contribution in [0.25, 0.3) is 0 Å². The molecule has 0 fully saturated rings. The van der Waals surface area contributed by atoms with Gasteiger partial charge in [-0.1, -0.05) is 26.0 Å². The molecule has 2 nitrogen and oxygen atoms in total. The molecule has 5 heteroatoms. The van der Waals surface area contributed by atoms with Crippen molar-refractivity contribution in [2.75, 3.05) is 26.2 Å².